The summed E-state index contributed by atoms with van der Waals surface area (Å²) in [4.78, 5) is 11.6. The van der Waals surface area contributed by atoms with Crippen LogP contribution in [-0.4, -0.2) is 20.1 Å². The molecule has 104 valence electrons. The summed E-state index contributed by atoms with van der Waals surface area (Å²) in [5, 5.41) is 26.5. The quantitative estimate of drug-likeness (QED) is 0.658. The van der Waals surface area contributed by atoms with Gasteiger partial charge in [0.2, 0.25) is 0 Å². The molecule has 2 aromatic heterocycles. The van der Waals surface area contributed by atoms with Crippen LogP contribution in [0, 0.1) is 11.3 Å². The fourth-order valence-corrected chi connectivity index (χ4v) is 2.06. The average Bonchev–Trinajstić information content (AvgIpc) is 2.79. The number of nitrogen functional groups attached to an aromatic ring is 1. The number of fused-ring (bicyclic) bond motifs is 1. The van der Waals surface area contributed by atoms with E-state index in [1.165, 1.54) is 28.9 Å². The van der Waals surface area contributed by atoms with Gasteiger partial charge in [0, 0.05) is 11.5 Å². The first-order chi connectivity index (χ1) is 10.1. The highest BCUT2D eigenvalue weighted by atomic mass is 16.4. The highest BCUT2D eigenvalue weighted by molar-refractivity contribution is 5.81. The van der Waals surface area contributed by atoms with Crippen molar-refractivity contribution in [2.75, 3.05) is 5.73 Å². The van der Waals surface area contributed by atoms with Gasteiger partial charge < -0.3 is 15.3 Å². The zero-order valence-electron chi connectivity index (χ0n) is 10.6. The van der Waals surface area contributed by atoms with Crippen molar-refractivity contribution in [3.8, 4) is 11.8 Å². The Balaban J connectivity index is 2.18. The zero-order valence-corrected chi connectivity index (χ0v) is 10.6. The van der Waals surface area contributed by atoms with Crippen LogP contribution in [0.4, 0.5) is 5.82 Å². The van der Waals surface area contributed by atoms with Crippen molar-refractivity contribution in [1.82, 2.24) is 15.0 Å². The Kier molecular flexibility index (Phi) is 2.80. The number of aromatic hydroxyl groups is 1. The molecule has 3 aromatic rings. The molecule has 0 spiro atoms. The summed E-state index contributed by atoms with van der Waals surface area (Å²) in [6, 6.07) is 7.57. The van der Waals surface area contributed by atoms with Gasteiger partial charge in [0.15, 0.2) is 11.5 Å². The predicted octanol–water partition coefficient (Wildman–Crippen LogP) is 0.592. The van der Waals surface area contributed by atoms with Crippen LogP contribution in [0.2, 0.25) is 0 Å². The molecule has 0 bridgehead atoms. The van der Waals surface area contributed by atoms with E-state index >= 15 is 0 Å². The number of aromatic nitrogens is 3. The monoisotopic (exact) mass is 283 g/mol. The molecular weight excluding hydrogens is 274 g/mol. The molecule has 0 amide bonds. The first-order valence-corrected chi connectivity index (χ1v) is 5.93. The standard InChI is InChI=1S/C13H9N5O3/c14-5-10-13(15)16-17-18(10)6-7-3-12(20)21-11-2-1-8(19)4-9(7)11/h1-4,19H,6,15H2. The minimum absolute atomic E-state index is 0.0209. The van der Waals surface area contributed by atoms with Crippen LogP contribution in [0.15, 0.2) is 33.5 Å². The van der Waals surface area contributed by atoms with E-state index in [2.05, 4.69) is 10.3 Å². The Hall–Kier alpha value is -3.34. The number of hydrogen-bond donors (Lipinski definition) is 2. The van der Waals surface area contributed by atoms with Gasteiger partial charge in [-0.15, -0.1) is 5.10 Å². The van der Waals surface area contributed by atoms with Crippen molar-refractivity contribution in [2.45, 2.75) is 6.54 Å². The Morgan fingerprint density at radius 1 is 1.43 bits per heavy atom. The molecule has 8 heteroatoms. The van der Waals surface area contributed by atoms with Gasteiger partial charge in [-0.1, -0.05) is 5.21 Å². The topological polar surface area (TPSA) is 131 Å². The van der Waals surface area contributed by atoms with Gasteiger partial charge >= 0.3 is 5.63 Å². The molecule has 21 heavy (non-hydrogen) atoms. The van der Waals surface area contributed by atoms with Gasteiger partial charge in [0.05, 0.1) is 6.54 Å². The minimum Gasteiger partial charge on any atom is -0.508 e. The number of rotatable bonds is 2. The maximum atomic E-state index is 11.6. The number of anilines is 1. The molecule has 0 saturated carbocycles. The second-order valence-corrected chi connectivity index (χ2v) is 4.36. The fraction of sp³-hybridized carbons (Fsp3) is 0.0769. The van der Waals surface area contributed by atoms with E-state index in [-0.39, 0.29) is 23.8 Å². The summed E-state index contributed by atoms with van der Waals surface area (Å²) in [5.74, 6) is 0.0591. The van der Waals surface area contributed by atoms with Crippen molar-refractivity contribution in [2.24, 2.45) is 0 Å². The Labute approximate surface area is 117 Å². The van der Waals surface area contributed by atoms with Crippen molar-refractivity contribution < 1.29 is 9.52 Å². The number of benzene rings is 1. The smallest absolute Gasteiger partial charge is 0.336 e. The minimum atomic E-state index is -0.533. The van der Waals surface area contributed by atoms with Gasteiger partial charge in [-0.3, -0.25) is 0 Å². The summed E-state index contributed by atoms with van der Waals surface area (Å²) in [6.07, 6.45) is 0. The van der Waals surface area contributed by atoms with E-state index in [0.717, 1.165) is 0 Å². The van der Waals surface area contributed by atoms with Gasteiger partial charge in [-0.25, -0.2) is 9.48 Å². The third-order valence-corrected chi connectivity index (χ3v) is 3.00. The fourth-order valence-electron chi connectivity index (χ4n) is 2.06. The molecule has 2 heterocycles. The second-order valence-electron chi connectivity index (χ2n) is 4.36. The highest BCUT2D eigenvalue weighted by Crippen LogP contribution is 2.23. The van der Waals surface area contributed by atoms with Crippen LogP contribution >= 0.6 is 0 Å². The number of nitrogens with zero attached hydrogens (tertiary/aromatic N) is 4. The van der Waals surface area contributed by atoms with Crippen LogP contribution in [-0.2, 0) is 6.54 Å². The molecule has 0 radical (unpaired) electrons. The predicted molar refractivity (Wildman–Crippen MR) is 72.4 cm³/mol. The van der Waals surface area contributed by atoms with Crippen LogP contribution in [0.5, 0.6) is 5.75 Å². The summed E-state index contributed by atoms with van der Waals surface area (Å²) in [7, 11) is 0. The lowest BCUT2D eigenvalue weighted by Gasteiger charge is -2.06. The largest absolute Gasteiger partial charge is 0.508 e. The number of nitriles is 1. The van der Waals surface area contributed by atoms with E-state index in [4.69, 9.17) is 15.4 Å². The maximum absolute atomic E-state index is 11.6. The average molecular weight is 283 g/mol. The summed E-state index contributed by atoms with van der Waals surface area (Å²) >= 11 is 0. The van der Waals surface area contributed by atoms with Crippen LogP contribution in [0.3, 0.4) is 0 Å². The van der Waals surface area contributed by atoms with Gasteiger partial charge in [0.1, 0.15) is 17.4 Å². The highest BCUT2D eigenvalue weighted by Gasteiger charge is 2.13. The van der Waals surface area contributed by atoms with Crippen LogP contribution < -0.4 is 11.4 Å². The van der Waals surface area contributed by atoms with Crippen molar-refractivity contribution in [3.05, 3.63) is 45.9 Å². The number of hydrogen-bond acceptors (Lipinski definition) is 7. The Morgan fingerprint density at radius 3 is 3.00 bits per heavy atom. The van der Waals surface area contributed by atoms with Gasteiger partial charge in [-0.05, 0) is 23.8 Å². The molecule has 0 atom stereocenters. The summed E-state index contributed by atoms with van der Waals surface area (Å²) in [5.41, 5.74) is 5.99. The molecule has 0 aliphatic carbocycles. The van der Waals surface area contributed by atoms with E-state index < -0.39 is 5.63 Å². The number of phenolic OH excluding ortho intramolecular Hbond substituents is 1. The molecule has 0 unspecified atom stereocenters. The van der Waals surface area contributed by atoms with Crippen molar-refractivity contribution in [1.29, 1.82) is 5.26 Å². The molecule has 0 aliphatic heterocycles. The van der Waals surface area contributed by atoms with Crippen LogP contribution in [0.25, 0.3) is 11.0 Å². The number of nitrogens with two attached hydrogens (primary N) is 1. The maximum Gasteiger partial charge on any atom is 0.336 e. The van der Waals surface area contributed by atoms with E-state index in [9.17, 15) is 9.90 Å². The van der Waals surface area contributed by atoms with Crippen LogP contribution in [0.1, 0.15) is 11.3 Å². The Morgan fingerprint density at radius 2 is 2.24 bits per heavy atom. The van der Waals surface area contributed by atoms with Gasteiger partial charge in [-0.2, -0.15) is 5.26 Å². The molecule has 0 saturated heterocycles. The normalized spacial score (nSPS) is 10.6. The third kappa shape index (κ3) is 2.17. The van der Waals surface area contributed by atoms with E-state index in [0.29, 0.717) is 16.5 Å². The molecule has 3 rings (SSSR count). The number of phenols is 1. The Bertz CT molecular complexity index is 935. The summed E-state index contributed by atoms with van der Waals surface area (Å²) in [6.45, 7) is 0.110. The molecule has 1 aromatic carbocycles. The molecule has 0 fully saturated rings. The lowest BCUT2D eigenvalue weighted by Crippen LogP contribution is -2.09. The first kappa shape index (κ1) is 12.7. The lowest BCUT2D eigenvalue weighted by molar-refractivity contribution is 0.475. The van der Waals surface area contributed by atoms with E-state index in [1.807, 2.05) is 6.07 Å². The second kappa shape index (κ2) is 4.64. The zero-order chi connectivity index (χ0) is 15.0. The van der Waals surface area contributed by atoms with Crippen molar-refractivity contribution in [3.63, 3.8) is 0 Å². The molecule has 0 aliphatic rings. The molecule has 3 N–H and O–H groups in total. The van der Waals surface area contributed by atoms with Crippen molar-refractivity contribution >= 4 is 16.8 Å². The van der Waals surface area contributed by atoms with E-state index in [1.54, 1.807) is 0 Å². The SMILES string of the molecule is N#Cc1c(N)nnn1Cc1cc(=O)oc2ccc(O)cc12. The first-order valence-electron chi connectivity index (χ1n) is 5.93. The molecular formula is C13H9N5O3. The lowest BCUT2D eigenvalue weighted by atomic mass is 10.1. The molecule has 8 nitrogen and oxygen atoms in total. The third-order valence-electron chi connectivity index (χ3n) is 3.00. The summed E-state index contributed by atoms with van der Waals surface area (Å²) < 4.78 is 6.34. The van der Waals surface area contributed by atoms with Gasteiger partial charge in [0.25, 0.3) is 0 Å².